The van der Waals surface area contributed by atoms with Gasteiger partial charge < -0.3 is 5.43 Å². The number of thiophene rings is 1. The topological polar surface area (TPSA) is 72.9 Å². The second kappa shape index (κ2) is 4.87. The molecule has 90 valence electrons. The lowest BCUT2D eigenvalue weighted by Crippen LogP contribution is -2.29. The average molecular weight is 271 g/mol. The summed E-state index contributed by atoms with van der Waals surface area (Å²) >= 11 is 7.61. The van der Waals surface area contributed by atoms with Crippen LogP contribution in [0, 0.1) is 6.92 Å². The van der Waals surface area contributed by atoms with Gasteiger partial charge >= 0.3 is 5.69 Å². The second-order valence-electron chi connectivity index (χ2n) is 3.45. The number of aromatic nitrogens is 2. The maximum absolute atomic E-state index is 11.8. The molecule has 0 aliphatic rings. The maximum Gasteiger partial charge on any atom is 0.349 e. The summed E-state index contributed by atoms with van der Waals surface area (Å²) in [6, 6.07) is 3.86. The standard InChI is InChI=1S/C10H11ClN4OS/c1-6-8(11)9(14-12)15(10(16)13-6)5-7-3-2-4-17-7/h2-4,14H,5,12H2,1H3. The van der Waals surface area contributed by atoms with E-state index >= 15 is 0 Å². The first-order chi connectivity index (χ1) is 8.13. The summed E-state index contributed by atoms with van der Waals surface area (Å²) in [5, 5.41) is 2.31. The van der Waals surface area contributed by atoms with E-state index in [2.05, 4.69) is 10.4 Å². The lowest BCUT2D eigenvalue weighted by molar-refractivity contribution is 0.734. The lowest BCUT2D eigenvalue weighted by Gasteiger charge is -2.13. The van der Waals surface area contributed by atoms with Crippen LogP contribution >= 0.6 is 22.9 Å². The predicted molar refractivity (Wildman–Crippen MR) is 69.5 cm³/mol. The number of anilines is 1. The summed E-state index contributed by atoms with van der Waals surface area (Å²) < 4.78 is 1.42. The van der Waals surface area contributed by atoms with Crippen molar-refractivity contribution in [2.75, 3.05) is 5.43 Å². The van der Waals surface area contributed by atoms with E-state index in [0.717, 1.165) is 4.88 Å². The van der Waals surface area contributed by atoms with Crippen LogP contribution in [0.15, 0.2) is 22.3 Å². The summed E-state index contributed by atoms with van der Waals surface area (Å²) in [5.41, 5.74) is 2.55. The molecule has 0 amide bonds. The van der Waals surface area contributed by atoms with E-state index in [1.165, 1.54) is 4.57 Å². The third-order valence-corrected chi connectivity index (χ3v) is 3.63. The van der Waals surface area contributed by atoms with Crippen LogP contribution in [0.3, 0.4) is 0 Å². The van der Waals surface area contributed by atoms with Crippen molar-refractivity contribution in [3.05, 3.63) is 43.6 Å². The lowest BCUT2D eigenvalue weighted by atomic mass is 10.4. The van der Waals surface area contributed by atoms with Crippen molar-refractivity contribution in [3.8, 4) is 0 Å². The Kier molecular flexibility index (Phi) is 3.46. The van der Waals surface area contributed by atoms with E-state index in [-0.39, 0.29) is 5.69 Å². The number of rotatable bonds is 3. The van der Waals surface area contributed by atoms with Crippen molar-refractivity contribution in [1.29, 1.82) is 0 Å². The van der Waals surface area contributed by atoms with E-state index in [9.17, 15) is 4.79 Å². The van der Waals surface area contributed by atoms with Crippen molar-refractivity contribution in [2.45, 2.75) is 13.5 Å². The third kappa shape index (κ3) is 2.33. The van der Waals surface area contributed by atoms with Crippen molar-refractivity contribution >= 4 is 28.8 Å². The number of hydrogen-bond donors (Lipinski definition) is 2. The Balaban J connectivity index is 2.53. The molecule has 2 aromatic heterocycles. The Morgan fingerprint density at radius 1 is 1.65 bits per heavy atom. The van der Waals surface area contributed by atoms with Gasteiger partial charge in [0.15, 0.2) is 0 Å². The fourth-order valence-corrected chi connectivity index (χ4v) is 2.38. The van der Waals surface area contributed by atoms with Gasteiger partial charge in [-0.1, -0.05) is 17.7 Å². The van der Waals surface area contributed by atoms with Gasteiger partial charge in [-0.25, -0.2) is 10.6 Å². The fraction of sp³-hybridized carbons (Fsp3) is 0.200. The minimum Gasteiger partial charge on any atom is -0.308 e. The molecule has 0 aliphatic heterocycles. The van der Waals surface area contributed by atoms with Gasteiger partial charge in [0.2, 0.25) is 0 Å². The summed E-state index contributed by atoms with van der Waals surface area (Å²) in [6.07, 6.45) is 0. The van der Waals surface area contributed by atoms with E-state index < -0.39 is 0 Å². The van der Waals surface area contributed by atoms with E-state index in [1.54, 1.807) is 18.3 Å². The molecule has 0 atom stereocenters. The largest absolute Gasteiger partial charge is 0.349 e. The Hall–Kier alpha value is -1.37. The molecular formula is C10H11ClN4OS. The number of aryl methyl sites for hydroxylation is 1. The zero-order chi connectivity index (χ0) is 12.4. The molecule has 0 radical (unpaired) electrons. The van der Waals surface area contributed by atoms with Gasteiger partial charge in [-0.3, -0.25) is 4.57 Å². The number of hydrazine groups is 1. The average Bonchev–Trinajstić information content (AvgIpc) is 2.79. The van der Waals surface area contributed by atoms with Crippen LogP contribution in [0.1, 0.15) is 10.6 Å². The highest BCUT2D eigenvalue weighted by atomic mass is 35.5. The Labute approximate surface area is 107 Å². The molecule has 0 saturated carbocycles. The summed E-state index contributed by atoms with van der Waals surface area (Å²) in [7, 11) is 0. The highest BCUT2D eigenvalue weighted by molar-refractivity contribution is 7.09. The Bertz CT molecular complexity index is 579. The van der Waals surface area contributed by atoms with Crippen LogP contribution in [-0.4, -0.2) is 9.55 Å². The van der Waals surface area contributed by atoms with Crippen molar-refractivity contribution in [1.82, 2.24) is 9.55 Å². The number of halogens is 1. The van der Waals surface area contributed by atoms with Gasteiger partial charge in [0, 0.05) is 4.88 Å². The number of nitrogens with one attached hydrogen (secondary N) is 1. The van der Waals surface area contributed by atoms with Gasteiger partial charge in [-0.15, -0.1) is 11.3 Å². The molecule has 2 rings (SSSR count). The molecular weight excluding hydrogens is 260 g/mol. The quantitative estimate of drug-likeness (QED) is 0.656. The minimum atomic E-state index is -0.367. The molecule has 0 unspecified atom stereocenters. The molecule has 0 aromatic carbocycles. The van der Waals surface area contributed by atoms with Crippen molar-refractivity contribution in [3.63, 3.8) is 0 Å². The van der Waals surface area contributed by atoms with Crippen LogP contribution < -0.4 is 17.0 Å². The molecule has 2 aromatic rings. The highest BCUT2D eigenvalue weighted by Gasteiger charge is 2.12. The molecule has 0 bridgehead atoms. The number of nitrogen functional groups attached to an aromatic ring is 1. The molecule has 17 heavy (non-hydrogen) atoms. The third-order valence-electron chi connectivity index (χ3n) is 2.32. The molecule has 0 fully saturated rings. The van der Waals surface area contributed by atoms with Crippen LogP contribution in [0.2, 0.25) is 5.02 Å². The van der Waals surface area contributed by atoms with E-state index in [0.29, 0.717) is 23.1 Å². The summed E-state index contributed by atoms with van der Waals surface area (Å²) in [5.74, 6) is 5.79. The molecule has 0 spiro atoms. The molecule has 5 nitrogen and oxygen atoms in total. The van der Waals surface area contributed by atoms with Crippen molar-refractivity contribution < 1.29 is 0 Å². The zero-order valence-electron chi connectivity index (χ0n) is 9.11. The van der Waals surface area contributed by atoms with Crippen molar-refractivity contribution in [2.24, 2.45) is 5.84 Å². The van der Waals surface area contributed by atoms with Gasteiger partial charge in [0.25, 0.3) is 0 Å². The fourth-order valence-electron chi connectivity index (χ4n) is 1.48. The molecule has 2 heterocycles. The first-order valence-corrected chi connectivity index (χ1v) is 6.15. The summed E-state index contributed by atoms with van der Waals surface area (Å²) in [4.78, 5) is 16.7. The van der Waals surface area contributed by atoms with Gasteiger partial charge in [-0.2, -0.15) is 4.98 Å². The van der Waals surface area contributed by atoms with Gasteiger partial charge in [0.1, 0.15) is 10.8 Å². The summed E-state index contributed by atoms with van der Waals surface area (Å²) in [6.45, 7) is 2.07. The molecule has 0 saturated heterocycles. The zero-order valence-corrected chi connectivity index (χ0v) is 10.7. The number of nitrogens with zero attached hydrogens (tertiary/aromatic N) is 2. The minimum absolute atomic E-state index is 0.364. The normalized spacial score (nSPS) is 10.5. The molecule has 7 heteroatoms. The second-order valence-corrected chi connectivity index (χ2v) is 4.86. The molecule has 3 N–H and O–H groups in total. The van der Waals surface area contributed by atoms with Gasteiger partial charge in [-0.05, 0) is 18.4 Å². The first-order valence-electron chi connectivity index (χ1n) is 4.89. The Morgan fingerprint density at radius 3 is 3.00 bits per heavy atom. The SMILES string of the molecule is Cc1nc(=O)n(Cc2cccs2)c(NN)c1Cl. The monoisotopic (exact) mass is 270 g/mol. The van der Waals surface area contributed by atoms with E-state index in [1.807, 2.05) is 17.5 Å². The first kappa shape index (κ1) is 12.1. The predicted octanol–water partition coefficient (Wildman–Crippen LogP) is 1.60. The smallest absolute Gasteiger partial charge is 0.308 e. The maximum atomic E-state index is 11.8. The number of nitrogens with two attached hydrogens (primary N) is 1. The van der Waals surface area contributed by atoms with Crippen LogP contribution in [0.4, 0.5) is 5.82 Å². The Morgan fingerprint density at radius 2 is 2.41 bits per heavy atom. The van der Waals surface area contributed by atoms with E-state index in [4.69, 9.17) is 17.4 Å². The van der Waals surface area contributed by atoms with Crippen LogP contribution in [0.5, 0.6) is 0 Å². The number of hydrogen-bond acceptors (Lipinski definition) is 5. The highest BCUT2D eigenvalue weighted by Crippen LogP contribution is 2.22. The van der Waals surface area contributed by atoms with Crippen LogP contribution in [-0.2, 0) is 6.54 Å². The van der Waals surface area contributed by atoms with Crippen LogP contribution in [0.25, 0.3) is 0 Å². The molecule has 0 aliphatic carbocycles. The van der Waals surface area contributed by atoms with Gasteiger partial charge in [0.05, 0.1) is 12.2 Å².